The van der Waals surface area contributed by atoms with Crippen molar-refractivity contribution < 1.29 is 4.74 Å². The van der Waals surface area contributed by atoms with Crippen molar-refractivity contribution in [2.45, 2.75) is 32.1 Å². The monoisotopic (exact) mass is 270 g/mol. The minimum Gasteiger partial charge on any atom is -0.493 e. The van der Waals surface area contributed by atoms with Crippen molar-refractivity contribution in [3.05, 3.63) is 57.8 Å². The van der Waals surface area contributed by atoms with E-state index in [4.69, 9.17) is 4.74 Å². The summed E-state index contributed by atoms with van der Waals surface area (Å²) in [5, 5.41) is 0. The van der Waals surface area contributed by atoms with Crippen LogP contribution in [-0.4, -0.2) is 16.6 Å². The van der Waals surface area contributed by atoms with Gasteiger partial charge in [0.1, 0.15) is 11.6 Å². The Morgan fingerprint density at radius 1 is 1.35 bits per heavy atom. The van der Waals surface area contributed by atoms with Crippen LogP contribution in [0.2, 0.25) is 0 Å². The van der Waals surface area contributed by atoms with Gasteiger partial charge in [0.05, 0.1) is 18.2 Å². The van der Waals surface area contributed by atoms with Gasteiger partial charge >= 0.3 is 0 Å². The number of nitrogens with one attached hydrogen (secondary N) is 1. The summed E-state index contributed by atoms with van der Waals surface area (Å²) in [5.74, 6) is 2.02. The molecule has 2 heterocycles. The first kappa shape index (κ1) is 12.9. The van der Waals surface area contributed by atoms with Gasteiger partial charge in [-0.3, -0.25) is 4.79 Å². The maximum Gasteiger partial charge on any atom is 0.251 e. The van der Waals surface area contributed by atoms with Crippen LogP contribution in [0.3, 0.4) is 0 Å². The lowest BCUT2D eigenvalue weighted by atomic mass is 9.96. The molecule has 0 saturated heterocycles. The molecule has 0 bridgehead atoms. The summed E-state index contributed by atoms with van der Waals surface area (Å²) in [4.78, 5) is 19.2. The zero-order chi connectivity index (χ0) is 14.1. The lowest BCUT2D eigenvalue weighted by Crippen LogP contribution is -2.24. The lowest BCUT2D eigenvalue weighted by molar-refractivity contribution is 0.257. The average molecular weight is 270 g/mol. The van der Waals surface area contributed by atoms with Gasteiger partial charge in [-0.25, -0.2) is 4.98 Å². The molecule has 4 heteroatoms. The Morgan fingerprint density at radius 3 is 2.95 bits per heavy atom. The number of rotatable bonds is 2. The summed E-state index contributed by atoms with van der Waals surface area (Å²) in [6, 6.07) is 9.59. The molecule has 2 aromatic rings. The molecule has 3 rings (SSSR count). The summed E-state index contributed by atoms with van der Waals surface area (Å²) in [5.41, 5.74) is 1.92. The van der Waals surface area contributed by atoms with E-state index in [-0.39, 0.29) is 17.4 Å². The second kappa shape index (κ2) is 5.12. The summed E-state index contributed by atoms with van der Waals surface area (Å²) in [6.45, 7) is 4.64. The molecule has 0 aliphatic carbocycles. The lowest BCUT2D eigenvalue weighted by Gasteiger charge is -2.24. The van der Waals surface area contributed by atoms with Gasteiger partial charge in [0.2, 0.25) is 0 Å². The first-order chi connectivity index (χ1) is 9.63. The second-order valence-corrected chi connectivity index (χ2v) is 5.53. The van der Waals surface area contributed by atoms with Gasteiger partial charge in [0.15, 0.2) is 0 Å². The molecule has 1 aliphatic heterocycles. The van der Waals surface area contributed by atoms with Crippen LogP contribution in [0.15, 0.2) is 35.1 Å². The number of aromatic amines is 1. The minimum atomic E-state index is -0.0856. The van der Waals surface area contributed by atoms with Crippen molar-refractivity contribution in [3.63, 3.8) is 0 Å². The summed E-state index contributed by atoms with van der Waals surface area (Å²) < 4.78 is 5.77. The van der Waals surface area contributed by atoms with Crippen molar-refractivity contribution >= 4 is 0 Å². The number of benzene rings is 1. The van der Waals surface area contributed by atoms with Gasteiger partial charge in [0, 0.05) is 6.07 Å². The molecule has 20 heavy (non-hydrogen) atoms. The van der Waals surface area contributed by atoms with Crippen LogP contribution >= 0.6 is 0 Å². The fraction of sp³-hybridized carbons (Fsp3) is 0.375. The maximum atomic E-state index is 11.8. The van der Waals surface area contributed by atoms with E-state index in [0.717, 1.165) is 23.7 Å². The molecule has 104 valence electrons. The predicted octanol–water partition coefficient (Wildman–Crippen LogP) is 2.61. The predicted molar refractivity (Wildman–Crippen MR) is 77.3 cm³/mol. The smallest absolute Gasteiger partial charge is 0.251 e. The summed E-state index contributed by atoms with van der Waals surface area (Å²) in [7, 11) is 0. The molecular formula is C16H18N2O2. The van der Waals surface area contributed by atoms with Crippen LogP contribution in [0.25, 0.3) is 0 Å². The molecule has 0 radical (unpaired) electrons. The third-order valence-electron chi connectivity index (χ3n) is 3.64. The molecule has 1 N–H and O–H groups in total. The molecule has 0 spiro atoms. The Kier molecular flexibility index (Phi) is 3.30. The van der Waals surface area contributed by atoms with Crippen molar-refractivity contribution in [1.29, 1.82) is 0 Å². The van der Waals surface area contributed by atoms with Crippen molar-refractivity contribution in [2.24, 2.45) is 0 Å². The van der Waals surface area contributed by atoms with Crippen LogP contribution in [0, 0.1) is 0 Å². The zero-order valence-electron chi connectivity index (χ0n) is 11.7. The molecule has 0 fully saturated rings. The maximum absolute atomic E-state index is 11.8. The first-order valence-corrected chi connectivity index (χ1v) is 6.95. The van der Waals surface area contributed by atoms with E-state index in [1.54, 1.807) is 6.07 Å². The molecule has 1 atom stereocenters. The number of hydrogen-bond acceptors (Lipinski definition) is 3. The molecule has 1 aromatic heterocycles. The Balaban J connectivity index is 1.93. The van der Waals surface area contributed by atoms with E-state index in [1.165, 1.54) is 5.56 Å². The van der Waals surface area contributed by atoms with E-state index in [0.29, 0.717) is 6.61 Å². The highest BCUT2D eigenvalue weighted by atomic mass is 16.5. The molecule has 1 unspecified atom stereocenters. The van der Waals surface area contributed by atoms with Gasteiger partial charge in [0.25, 0.3) is 5.56 Å². The minimum absolute atomic E-state index is 0.0856. The number of H-pyrrole nitrogens is 1. The summed E-state index contributed by atoms with van der Waals surface area (Å²) >= 11 is 0. The summed E-state index contributed by atoms with van der Waals surface area (Å²) in [6.07, 6.45) is 0.848. The van der Waals surface area contributed by atoms with Crippen LogP contribution in [0.1, 0.15) is 42.8 Å². The first-order valence-electron chi connectivity index (χ1n) is 6.95. The number of hydrogen-bond donors (Lipinski definition) is 1. The van der Waals surface area contributed by atoms with Gasteiger partial charge in [-0.15, -0.1) is 0 Å². The topological polar surface area (TPSA) is 55.0 Å². The van der Waals surface area contributed by atoms with Gasteiger partial charge in [-0.2, -0.15) is 0 Å². The van der Waals surface area contributed by atoms with Crippen molar-refractivity contribution in [1.82, 2.24) is 9.97 Å². The SMILES string of the molecule is CC(C)c1cc(=O)[nH]c(C2COc3ccccc3C2)n1. The Bertz CT molecular complexity index is 676. The number of para-hydroxylation sites is 1. The third kappa shape index (κ3) is 2.46. The molecule has 1 aliphatic rings. The number of nitrogens with zero attached hydrogens (tertiary/aromatic N) is 1. The highest BCUT2D eigenvalue weighted by Gasteiger charge is 2.23. The number of fused-ring (bicyclic) bond motifs is 1. The fourth-order valence-electron chi connectivity index (χ4n) is 2.49. The largest absolute Gasteiger partial charge is 0.493 e. The Hall–Kier alpha value is -2.10. The molecule has 0 saturated carbocycles. The van der Waals surface area contributed by atoms with Crippen molar-refractivity contribution in [3.8, 4) is 5.75 Å². The normalized spacial score (nSPS) is 17.6. The molecule has 0 amide bonds. The van der Waals surface area contributed by atoms with Crippen LogP contribution < -0.4 is 10.3 Å². The fourth-order valence-corrected chi connectivity index (χ4v) is 2.49. The van der Waals surface area contributed by atoms with E-state index < -0.39 is 0 Å². The highest BCUT2D eigenvalue weighted by molar-refractivity contribution is 5.36. The van der Waals surface area contributed by atoms with E-state index in [9.17, 15) is 4.79 Å². The quantitative estimate of drug-likeness (QED) is 0.912. The molecule has 4 nitrogen and oxygen atoms in total. The van der Waals surface area contributed by atoms with Crippen LogP contribution in [0.4, 0.5) is 0 Å². The average Bonchev–Trinajstić information content (AvgIpc) is 2.46. The van der Waals surface area contributed by atoms with Gasteiger partial charge in [-0.05, 0) is 24.0 Å². The van der Waals surface area contributed by atoms with E-state index >= 15 is 0 Å². The van der Waals surface area contributed by atoms with E-state index in [2.05, 4.69) is 16.0 Å². The van der Waals surface area contributed by atoms with E-state index in [1.807, 2.05) is 32.0 Å². The van der Waals surface area contributed by atoms with Crippen LogP contribution in [-0.2, 0) is 6.42 Å². The third-order valence-corrected chi connectivity index (χ3v) is 3.64. The van der Waals surface area contributed by atoms with Gasteiger partial charge in [-0.1, -0.05) is 32.0 Å². The Morgan fingerprint density at radius 2 is 2.15 bits per heavy atom. The zero-order valence-corrected chi connectivity index (χ0v) is 11.7. The second-order valence-electron chi connectivity index (χ2n) is 5.53. The standard InChI is InChI=1S/C16H18N2O2/c1-10(2)13-8-15(19)18-16(17-13)12-7-11-5-3-4-6-14(11)20-9-12/h3-6,8,10,12H,7,9H2,1-2H3,(H,17,18,19). The Labute approximate surface area is 117 Å². The number of aromatic nitrogens is 2. The highest BCUT2D eigenvalue weighted by Crippen LogP contribution is 2.30. The van der Waals surface area contributed by atoms with Gasteiger partial charge < -0.3 is 9.72 Å². The van der Waals surface area contributed by atoms with Crippen molar-refractivity contribution in [2.75, 3.05) is 6.61 Å². The van der Waals surface area contributed by atoms with Crippen LogP contribution in [0.5, 0.6) is 5.75 Å². The number of ether oxygens (including phenoxy) is 1. The molecule has 1 aromatic carbocycles. The molecular weight excluding hydrogens is 252 g/mol.